The van der Waals surface area contributed by atoms with Gasteiger partial charge in [-0.25, -0.2) is 4.79 Å². The Morgan fingerprint density at radius 3 is 2.52 bits per heavy atom. The van der Waals surface area contributed by atoms with Crippen molar-refractivity contribution in [1.29, 1.82) is 0 Å². The van der Waals surface area contributed by atoms with Gasteiger partial charge in [-0.15, -0.1) is 6.42 Å². The van der Waals surface area contributed by atoms with E-state index in [1.165, 1.54) is 12.8 Å². The van der Waals surface area contributed by atoms with Gasteiger partial charge in [0.2, 0.25) is 0 Å². The van der Waals surface area contributed by atoms with Crippen LogP contribution < -0.4 is 4.74 Å². The van der Waals surface area contributed by atoms with Gasteiger partial charge in [0, 0.05) is 16.6 Å². The summed E-state index contributed by atoms with van der Waals surface area (Å²) in [6, 6.07) is 12.8. The number of fused-ring (bicyclic) bond motifs is 1. The fourth-order valence-corrected chi connectivity index (χ4v) is 4.11. The largest absolute Gasteiger partial charge is 0.490 e. The smallest absolute Gasteiger partial charge is 0.354 e. The van der Waals surface area contributed by atoms with Crippen LogP contribution in [-0.4, -0.2) is 21.7 Å². The lowest BCUT2D eigenvalue weighted by atomic mass is 10.1. The van der Waals surface area contributed by atoms with Gasteiger partial charge in [-0.2, -0.15) is 0 Å². The number of hydrogen-bond donors (Lipinski definition) is 1. The normalized spacial score (nSPS) is 14.4. The minimum atomic E-state index is -1.11. The van der Waals surface area contributed by atoms with Gasteiger partial charge in [0.1, 0.15) is 5.75 Å². The van der Waals surface area contributed by atoms with Gasteiger partial charge in [0.15, 0.2) is 5.69 Å². The monoisotopic (exact) mass is 379 g/mol. The number of nitrogens with zero attached hydrogens (tertiary/aromatic N) is 1. The molecule has 0 amide bonds. The van der Waals surface area contributed by atoms with Crippen LogP contribution in [0.5, 0.6) is 5.75 Å². The van der Waals surface area contributed by atoms with Crippen molar-refractivity contribution in [3.8, 4) is 23.8 Å². The molecular weight excluding hydrogens is 362 g/mol. The van der Waals surface area contributed by atoms with E-state index in [4.69, 9.17) is 22.8 Å². The molecular formula is C22H18ClNO3. The Labute approximate surface area is 162 Å². The number of ether oxygens (including phenoxy) is 1. The number of carboxylic acid groups (broad SMARTS) is 1. The van der Waals surface area contributed by atoms with E-state index in [1.807, 2.05) is 30.3 Å². The number of terminal acetylenes is 1. The summed E-state index contributed by atoms with van der Waals surface area (Å²) in [6.45, 7) is 0. The quantitative estimate of drug-likeness (QED) is 0.627. The first-order valence-electron chi connectivity index (χ1n) is 8.90. The van der Waals surface area contributed by atoms with Crippen LogP contribution in [0.25, 0.3) is 16.6 Å². The number of halogens is 1. The van der Waals surface area contributed by atoms with E-state index in [0.29, 0.717) is 22.2 Å². The molecule has 1 heterocycles. The minimum absolute atomic E-state index is 0.00109. The second-order valence-electron chi connectivity index (χ2n) is 6.67. The molecule has 136 valence electrons. The second kappa shape index (κ2) is 7.02. The zero-order valence-corrected chi connectivity index (χ0v) is 15.4. The summed E-state index contributed by atoms with van der Waals surface area (Å²) in [5.74, 6) is 2.26. The van der Waals surface area contributed by atoms with E-state index in [-0.39, 0.29) is 16.8 Å². The number of rotatable bonds is 4. The Kier molecular flexibility index (Phi) is 4.55. The summed E-state index contributed by atoms with van der Waals surface area (Å²) in [6.07, 6.45) is 10.4. The highest BCUT2D eigenvalue weighted by Crippen LogP contribution is 2.36. The van der Waals surface area contributed by atoms with Crippen LogP contribution in [0.1, 0.15) is 41.7 Å². The Balaban J connectivity index is 1.82. The molecule has 1 aromatic heterocycles. The molecule has 1 N–H and O–H groups in total. The molecule has 0 radical (unpaired) electrons. The van der Waals surface area contributed by atoms with Crippen molar-refractivity contribution in [2.24, 2.45) is 0 Å². The highest BCUT2D eigenvalue weighted by Gasteiger charge is 2.24. The predicted molar refractivity (Wildman–Crippen MR) is 106 cm³/mol. The average Bonchev–Trinajstić information content (AvgIpc) is 3.28. The molecule has 5 heteroatoms. The van der Waals surface area contributed by atoms with E-state index < -0.39 is 5.97 Å². The first-order chi connectivity index (χ1) is 13.1. The van der Waals surface area contributed by atoms with Gasteiger partial charge in [-0.1, -0.05) is 23.6 Å². The van der Waals surface area contributed by atoms with Crippen LogP contribution in [0, 0.1) is 12.3 Å². The molecule has 0 spiro atoms. The summed E-state index contributed by atoms with van der Waals surface area (Å²) in [5, 5.41) is 10.5. The summed E-state index contributed by atoms with van der Waals surface area (Å²) in [7, 11) is 0. The van der Waals surface area contributed by atoms with E-state index in [2.05, 4.69) is 5.92 Å². The molecule has 4 rings (SSSR count). The zero-order valence-electron chi connectivity index (χ0n) is 14.6. The third-order valence-electron chi connectivity index (χ3n) is 4.99. The van der Waals surface area contributed by atoms with Crippen molar-refractivity contribution < 1.29 is 14.6 Å². The Morgan fingerprint density at radius 2 is 1.89 bits per heavy atom. The number of carbonyl (C=O) groups is 1. The van der Waals surface area contributed by atoms with Gasteiger partial charge < -0.3 is 14.4 Å². The van der Waals surface area contributed by atoms with E-state index in [1.54, 1.807) is 16.7 Å². The Hall–Kier alpha value is -2.90. The molecule has 1 aliphatic carbocycles. The van der Waals surface area contributed by atoms with E-state index in [9.17, 15) is 9.90 Å². The fraction of sp³-hybridized carbons (Fsp3) is 0.227. The lowest BCUT2D eigenvalue weighted by Crippen LogP contribution is -2.11. The van der Waals surface area contributed by atoms with Gasteiger partial charge in [0.25, 0.3) is 0 Å². The molecule has 0 bridgehead atoms. The van der Waals surface area contributed by atoms with Crippen LogP contribution in [0.2, 0.25) is 5.02 Å². The molecule has 0 unspecified atom stereocenters. The number of aromatic nitrogens is 1. The Morgan fingerprint density at radius 1 is 1.19 bits per heavy atom. The molecule has 0 atom stereocenters. The number of carboxylic acids is 1. The molecule has 1 saturated carbocycles. The first kappa shape index (κ1) is 17.5. The molecule has 3 aromatic rings. The van der Waals surface area contributed by atoms with Crippen LogP contribution >= 0.6 is 11.6 Å². The summed E-state index contributed by atoms with van der Waals surface area (Å²) < 4.78 is 7.62. The third-order valence-corrected chi connectivity index (χ3v) is 5.36. The summed E-state index contributed by atoms with van der Waals surface area (Å²) in [4.78, 5) is 11.9. The predicted octanol–water partition coefficient (Wildman–Crippen LogP) is 5.28. The van der Waals surface area contributed by atoms with E-state index >= 15 is 0 Å². The van der Waals surface area contributed by atoms with Crippen molar-refractivity contribution in [3.63, 3.8) is 0 Å². The van der Waals surface area contributed by atoms with Gasteiger partial charge >= 0.3 is 5.97 Å². The van der Waals surface area contributed by atoms with Crippen molar-refractivity contribution >= 4 is 28.5 Å². The van der Waals surface area contributed by atoms with Crippen LogP contribution in [0.15, 0.2) is 42.5 Å². The number of hydrogen-bond acceptors (Lipinski definition) is 2. The SMILES string of the molecule is C#Cc1cccc2c1c(Cl)c(C(=O)O)n2-c1ccc(OC2CCCC2)cc1. The van der Waals surface area contributed by atoms with Gasteiger partial charge in [-0.3, -0.25) is 0 Å². The molecule has 0 aliphatic heterocycles. The average molecular weight is 380 g/mol. The Bertz CT molecular complexity index is 1050. The molecule has 0 saturated heterocycles. The highest BCUT2D eigenvalue weighted by atomic mass is 35.5. The maximum absolute atomic E-state index is 11.9. The van der Waals surface area contributed by atoms with Crippen LogP contribution in [-0.2, 0) is 0 Å². The topological polar surface area (TPSA) is 51.5 Å². The first-order valence-corrected chi connectivity index (χ1v) is 9.28. The molecule has 4 nitrogen and oxygen atoms in total. The van der Waals surface area contributed by atoms with Crippen LogP contribution in [0.4, 0.5) is 0 Å². The molecule has 27 heavy (non-hydrogen) atoms. The number of benzene rings is 2. The lowest BCUT2D eigenvalue weighted by molar-refractivity contribution is 0.0689. The summed E-state index contributed by atoms with van der Waals surface area (Å²) >= 11 is 6.41. The lowest BCUT2D eigenvalue weighted by Gasteiger charge is -2.14. The van der Waals surface area contributed by atoms with Crippen molar-refractivity contribution in [3.05, 3.63) is 58.7 Å². The second-order valence-corrected chi connectivity index (χ2v) is 7.04. The molecule has 2 aromatic carbocycles. The van der Waals surface area contributed by atoms with Crippen molar-refractivity contribution in [2.45, 2.75) is 31.8 Å². The van der Waals surface area contributed by atoms with E-state index in [0.717, 1.165) is 18.6 Å². The van der Waals surface area contributed by atoms with Gasteiger partial charge in [-0.05, 0) is 62.1 Å². The molecule has 1 aliphatic rings. The molecule has 1 fully saturated rings. The summed E-state index contributed by atoms with van der Waals surface area (Å²) in [5.41, 5.74) is 1.92. The van der Waals surface area contributed by atoms with Crippen LogP contribution in [0.3, 0.4) is 0 Å². The minimum Gasteiger partial charge on any atom is -0.490 e. The number of aromatic carboxylic acids is 1. The van der Waals surface area contributed by atoms with Crippen molar-refractivity contribution in [1.82, 2.24) is 4.57 Å². The standard InChI is InChI=1S/C22H18ClNO3/c1-2-14-6-5-9-18-19(14)20(23)21(22(25)26)24(18)15-10-12-17(13-11-15)27-16-7-3-4-8-16/h1,5-6,9-13,16H,3-4,7-8H2,(H,25,26). The maximum atomic E-state index is 11.9. The highest BCUT2D eigenvalue weighted by molar-refractivity contribution is 6.39. The van der Waals surface area contributed by atoms with Gasteiger partial charge in [0.05, 0.1) is 16.6 Å². The third kappa shape index (κ3) is 3.05. The maximum Gasteiger partial charge on any atom is 0.354 e. The fourth-order valence-electron chi connectivity index (χ4n) is 3.74. The zero-order chi connectivity index (χ0) is 19.0. The van der Waals surface area contributed by atoms with Crippen molar-refractivity contribution in [2.75, 3.05) is 0 Å².